The maximum Gasteiger partial charge on any atom is 0.120 e. The van der Waals surface area contributed by atoms with Crippen LogP contribution in [0.5, 0.6) is 5.75 Å². The van der Waals surface area contributed by atoms with Gasteiger partial charge in [-0.2, -0.15) is 0 Å². The van der Waals surface area contributed by atoms with Crippen molar-refractivity contribution in [2.45, 2.75) is 77.6 Å². The number of fused-ring (bicyclic) bond motifs is 5. The van der Waals surface area contributed by atoms with Gasteiger partial charge in [0, 0.05) is 13.2 Å². The molecular weight excluding hydrogens is 480 g/mol. The van der Waals surface area contributed by atoms with E-state index in [0.717, 1.165) is 31.8 Å². The van der Waals surface area contributed by atoms with E-state index >= 15 is 0 Å². The number of aryl methyl sites for hydroxylation is 1. The van der Waals surface area contributed by atoms with E-state index in [1.807, 2.05) is 0 Å². The number of hydrogen-bond acceptors (Lipinski definition) is 3. The van der Waals surface area contributed by atoms with Crippen molar-refractivity contribution in [1.29, 1.82) is 0 Å². The van der Waals surface area contributed by atoms with Gasteiger partial charge in [-0.25, -0.2) is 0 Å². The Morgan fingerprint density at radius 2 is 1.59 bits per heavy atom. The lowest BCUT2D eigenvalue weighted by Gasteiger charge is -2.54. The Morgan fingerprint density at radius 1 is 0.846 bits per heavy atom. The predicted molar refractivity (Wildman–Crippen MR) is 157 cm³/mol. The standard InChI is InChI=1S/C36H44O3/c1-3-20-37-25-29-22-36(2)33(18-19-34(36)39-24-27-12-8-5-9-13-27)32-16-14-28-21-30(15-17-31(28)35(29)32)38-23-26-10-6-4-7-11-26/h4-13,15,17,21,29,32-35H,3,14,16,18-20,22-25H2,1-2H3/t29-,32+,33+,34?,35-,36+/m1/s1. The zero-order valence-electron chi connectivity index (χ0n) is 23.7. The van der Waals surface area contributed by atoms with E-state index < -0.39 is 0 Å². The summed E-state index contributed by atoms with van der Waals surface area (Å²) in [6, 6.07) is 28.1. The molecule has 0 heterocycles. The summed E-state index contributed by atoms with van der Waals surface area (Å²) in [6.45, 7) is 7.78. The molecule has 0 amide bonds. The van der Waals surface area contributed by atoms with Gasteiger partial charge in [0.15, 0.2) is 0 Å². The van der Waals surface area contributed by atoms with Crippen LogP contribution in [0.3, 0.4) is 0 Å². The van der Waals surface area contributed by atoms with Gasteiger partial charge in [0.1, 0.15) is 12.4 Å². The van der Waals surface area contributed by atoms with Crippen LogP contribution in [0.25, 0.3) is 0 Å². The normalized spacial score (nSPS) is 29.3. The minimum atomic E-state index is 0.215. The first kappa shape index (κ1) is 26.6. The maximum absolute atomic E-state index is 6.71. The molecule has 3 aromatic carbocycles. The first-order chi connectivity index (χ1) is 19.2. The van der Waals surface area contributed by atoms with E-state index in [-0.39, 0.29) is 5.41 Å². The molecule has 206 valence electrons. The van der Waals surface area contributed by atoms with Crippen molar-refractivity contribution in [2.24, 2.45) is 23.2 Å². The van der Waals surface area contributed by atoms with Gasteiger partial charge in [-0.15, -0.1) is 0 Å². The minimum absolute atomic E-state index is 0.215. The summed E-state index contributed by atoms with van der Waals surface area (Å²) in [5.41, 5.74) is 5.74. The third kappa shape index (κ3) is 5.54. The lowest BCUT2D eigenvalue weighted by atomic mass is 9.52. The Labute approximate surface area is 234 Å². The van der Waals surface area contributed by atoms with Crippen LogP contribution in [-0.2, 0) is 29.1 Å². The van der Waals surface area contributed by atoms with Gasteiger partial charge in [-0.05, 0) is 102 Å². The van der Waals surface area contributed by atoms with Crippen LogP contribution >= 0.6 is 0 Å². The molecule has 0 aliphatic heterocycles. The summed E-state index contributed by atoms with van der Waals surface area (Å²) in [5.74, 6) is 3.50. The molecule has 2 fully saturated rings. The Hall–Kier alpha value is -2.62. The highest BCUT2D eigenvalue weighted by Gasteiger charge is 2.58. The molecule has 39 heavy (non-hydrogen) atoms. The smallest absolute Gasteiger partial charge is 0.120 e. The monoisotopic (exact) mass is 524 g/mol. The van der Waals surface area contributed by atoms with Gasteiger partial charge in [0.05, 0.1) is 12.7 Å². The van der Waals surface area contributed by atoms with Crippen molar-refractivity contribution in [2.75, 3.05) is 13.2 Å². The van der Waals surface area contributed by atoms with Crippen molar-refractivity contribution in [3.05, 3.63) is 101 Å². The molecule has 0 aromatic heterocycles. The first-order valence-corrected chi connectivity index (χ1v) is 15.2. The SMILES string of the molecule is CCCOC[C@H]1C[C@]2(C)C(OCc3ccccc3)CC[C@H]2[C@@H]2CCc3cc(OCc4ccccc4)ccc3[C@@H]12. The van der Waals surface area contributed by atoms with E-state index in [9.17, 15) is 0 Å². The van der Waals surface area contributed by atoms with Gasteiger partial charge in [0.2, 0.25) is 0 Å². The van der Waals surface area contributed by atoms with Crippen molar-refractivity contribution in [3.63, 3.8) is 0 Å². The molecule has 0 bridgehead atoms. The molecule has 3 aliphatic carbocycles. The molecule has 3 aliphatic rings. The summed E-state index contributed by atoms with van der Waals surface area (Å²) in [4.78, 5) is 0. The van der Waals surface area contributed by atoms with Crippen LogP contribution in [0.15, 0.2) is 78.9 Å². The fraction of sp³-hybridized carbons (Fsp3) is 0.500. The lowest BCUT2D eigenvalue weighted by molar-refractivity contribution is -0.0972. The Balaban J connectivity index is 1.22. The largest absolute Gasteiger partial charge is 0.489 e. The second kappa shape index (κ2) is 11.9. The van der Waals surface area contributed by atoms with Crippen LogP contribution in [-0.4, -0.2) is 19.3 Å². The van der Waals surface area contributed by atoms with Gasteiger partial charge < -0.3 is 14.2 Å². The van der Waals surface area contributed by atoms with Crippen molar-refractivity contribution in [3.8, 4) is 5.75 Å². The fourth-order valence-electron chi connectivity index (χ4n) is 8.24. The van der Waals surface area contributed by atoms with Gasteiger partial charge in [-0.3, -0.25) is 0 Å². The van der Waals surface area contributed by atoms with E-state index in [0.29, 0.717) is 43.0 Å². The third-order valence-corrected chi connectivity index (χ3v) is 9.95. The molecule has 3 nitrogen and oxygen atoms in total. The molecule has 6 atom stereocenters. The summed E-state index contributed by atoms with van der Waals surface area (Å²) in [5, 5.41) is 0. The number of benzene rings is 3. The molecule has 0 radical (unpaired) electrons. The van der Waals surface area contributed by atoms with Crippen molar-refractivity contribution < 1.29 is 14.2 Å². The van der Waals surface area contributed by atoms with E-state index in [1.54, 1.807) is 5.56 Å². The quantitative estimate of drug-likeness (QED) is 0.249. The van der Waals surface area contributed by atoms with E-state index in [2.05, 4.69) is 92.7 Å². The summed E-state index contributed by atoms with van der Waals surface area (Å²) >= 11 is 0. The Morgan fingerprint density at radius 3 is 2.33 bits per heavy atom. The highest BCUT2D eigenvalue weighted by atomic mass is 16.5. The van der Waals surface area contributed by atoms with Crippen molar-refractivity contribution >= 4 is 0 Å². The van der Waals surface area contributed by atoms with Crippen LogP contribution in [0, 0.1) is 23.2 Å². The van der Waals surface area contributed by atoms with Gasteiger partial charge in [-0.1, -0.05) is 80.6 Å². The van der Waals surface area contributed by atoms with Crippen LogP contribution in [0.1, 0.15) is 74.1 Å². The highest BCUT2D eigenvalue weighted by molar-refractivity contribution is 5.41. The van der Waals surface area contributed by atoms with Crippen molar-refractivity contribution in [1.82, 2.24) is 0 Å². The number of ether oxygens (including phenoxy) is 3. The average Bonchev–Trinajstić information content (AvgIpc) is 3.31. The van der Waals surface area contributed by atoms with E-state index in [1.165, 1.54) is 42.4 Å². The fourth-order valence-corrected chi connectivity index (χ4v) is 8.24. The molecular formula is C36H44O3. The summed E-state index contributed by atoms with van der Waals surface area (Å²) < 4.78 is 19.2. The topological polar surface area (TPSA) is 27.7 Å². The summed E-state index contributed by atoms with van der Waals surface area (Å²) in [7, 11) is 0. The highest BCUT2D eigenvalue weighted by Crippen LogP contribution is 2.63. The predicted octanol–water partition coefficient (Wildman–Crippen LogP) is 8.36. The third-order valence-electron chi connectivity index (χ3n) is 9.95. The maximum atomic E-state index is 6.71. The minimum Gasteiger partial charge on any atom is -0.489 e. The summed E-state index contributed by atoms with van der Waals surface area (Å²) in [6.07, 6.45) is 7.45. The van der Waals surface area contributed by atoms with Gasteiger partial charge in [0.25, 0.3) is 0 Å². The van der Waals surface area contributed by atoms with Crippen LogP contribution in [0.4, 0.5) is 0 Å². The molecule has 1 unspecified atom stereocenters. The Kier molecular flexibility index (Phi) is 8.09. The molecule has 3 heteroatoms. The molecule has 3 aromatic rings. The Bertz CT molecular complexity index is 1210. The zero-order chi connectivity index (χ0) is 26.7. The number of hydrogen-bond donors (Lipinski definition) is 0. The second-order valence-electron chi connectivity index (χ2n) is 12.4. The lowest BCUT2D eigenvalue weighted by Crippen LogP contribution is -2.49. The molecule has 6 rings (SSSR count). The zero-order valence-corrected chi connectivity index (χ0v) is 23.7. The molecule has 2 saturated carbocycles. The average molecular weight is 525 g/mol. The molecule has 0 N–H and O–H groups in total. The number of rotatable bonds is 10. The van der Waals surface area contributed by atoms with Crippen LogP contribution in [0.2, 0.25) is 0 Å². The molecule has 0 saturated heterocycles. The first-order valence-electron chi connectivity index (χ1n) is 15.2. The second-order valence-corrected chi connectivity index (χ2v) is 12.4. The van der Waals surface area contributed by atoms with Crippen LogP contribution < -0.4 is 4.74 Å². The van der Waals surface area contributed by atoms with E-state index in [4.69, 9.17) is 14.2 Å². The van der Waals surface area contributed by atoms with Gasteiger partial charge >= 0.3 is 0 Å². The molecule has 0 spiro atoms.